The molecule has 1 aromatic rings. The molecule has 0 aromatic carbocycles. The van der Waals surface area contributed by atoms with E-state index in [4.69, 9.17) is 4.42 Å². The molecule has 0 saturated carbocycles. The van der Waals surface area contributed by atoms with Crippen LogP contribution in [-0.2, 0) is 0 Å². The maximum atomic E-state index is 5.35. The number of furan rings is 1. The Morgan fingerprint density at radius 1 is 1.64 bits per heavy atom. The third-order valence-electron chi connectivity index (χ3n) is 2.75. The van der Waals surface area contributed by atoms with Gasteiger partial charge < -0.3 is 15.1 Å². The van der Waals surface area contributed by atoms with Gasteiger partial charge in [0.15, 0.2) is 0 Å². The van der Waals surface area contributed by atoms with Crippen molar-refractivity contribution in [2.24, 2.45) is 0 Å². The zero-order chi connectivity index (χ0) is 9.80. The molecule has 0 bridgehead atoms. The van der Waals surface area contributed by atoms with Crippen molar-refractivity contribution in [2.45, 2.75) is 31.8 Å². The fraction of sp³-hybridized carbons (Fsp3) is 0.636. The summed E-state index contributed by atoms with van der Waals surface area (Å²) in [5.41, 5.74) is 0. The van der Waals surface area contributed by atoms with E-state index in [2.05, 4.69) is 17.6 Å². The highest BCUT2D eigenvalue weighted by Crippen LogP contribution is 2.14. The zero-order valence-electron chi connectivity index (χ0n) is 8.62. The second-order valence-corrected chi connectivity index (χ2v) is 3.95. The minimum absolute atomic E-state index is 0.315. The molecule has 0 aliphatic carbocycles. The van der Waals surface area contributed by atoms with Gasteiger partial charge in [0, 0.05) is 12.6 Å². The molecule has 14 heavy (non-hydrogen) atoms. The Labute approximate surface area is 84.9 Å². The molecular formula is C11H18N2O. The Morgan fingerprint density at radius 3 is 3.21 bits per heavy atom. The fourth-order valence-corrected chi connectivity index (χ4v) is 1.97. The Hall–Kier alpha value is -0.800. The van der Waals surface area contributed by atoms with Gasteiger partial charge >= 0.3 is 0 Å². The first-order valence-electron chi connectivity index (χ1n) is 5.36. The molecule has 1 aromatic heterocycles. The number of hydrogen-bond donors (Lipinski definition) is 2. The molecule has 1 unspecified atom stereocenters. The van der Waals surface area contributed by atoms with Crippen LogP contribution in [0.1, 0.15) is 31.6 Å². The van der Waals surface area contributed by atoms with Crippen LogP contribution in [-0.4, -0.2) is 19.1 Å². The molecule has 2 heterocycles. The normalized spacial score (nSPS) is 24.8. The van der Waals surface area contributed by atoms with Crippen LogP contribution in [0, 0.1) is 0 Å². The Balaban J connectivity index is 1.84. The summed E-state index contributed by atoms with van der Waals surface area (Å²) in [6.45, 7) is 4.38. The van der Waals surface area contributed by atoms with Gasteiger partial charge in [-0.3, -0.25) is 0 Å². The molecule has 1 aliphatic heterocycles. The van der Waals surface area contributed by atoms with Crippen LogP contribution in [0.4, 0.5) is 0 Å². The Kier molecular flexibility index (Phi) is 3.22. The zero-order valence-corrected chi connectivity index (χ0v) is 8.62. The molecule has 1 fully saturated rings. The van der Waals surface area contributed by atoms with Crippen LogP contribution >= 0.6 is 0 Å². The lowest BCUT2D eigenvalue weighted by Crippen LogP contribution is -2.43. The average molecular weight is 194 g/mol. The van der Waals surface area contributed by atoms with Crippen LogP contribution in [0.5, 0.6) is 0 Å². The van der Waals surface area contributed by atoms with Crippen molar-refractivity contribution in [3.05, 3.63) is 24.2 Å². The maximum Gasteiger partial charge on any atom is 0.120 e. The molecule has 3 heteroatoms. The van der Waals surface area contributed by atoms with Crippen molar-refractivity contribution in [1.82, 2.24) is 10.6 Å². The highest BCUT2D eigenvalue weighted by Gasteiger charge is 2.16. The molecule has 0 amide bonds. The number of nitrogens with one attached hydrogen (secondary N) is 2. The van der Waals surface area contributed by atoms with E-state index >= 15 is 0 Å². The van der Waals surface area contributed by atoms with Gasteiger partial charge in [0.2, 0.25) is 0 Å². The van der Waals surface area contributed by atoms with E-state index in [1.807, 2.05) is 12.1 Å². The lowest BCUT2D eigenvalue weighted by atomic mass is 10.1. The van der Waals surface area contributed by atoms with Gasteiger partial charge in [0.1, 0.15) is 5.76 Å². The van der Waals surface area contributed by atoms with E-state index in [1.165, 1.54) is 12.8 Å². The summed E-state index contributed by atoms with van der Waals surface area (Å²) in [6, 6.07) is 4.86. The molecule has 78 valence electrons. The summed E-state index contributed by atoms with van der Waals surface area (Å²) in [5, 5.41) is 6.96. The predicted molar refractivity (Wildman–Crippen MR) is 56.2 cm³/mol. The van der Waals surface area contributed by atoms with Gasteiger partial charge in [-0.2, -0.15) is 0 Å². The molecule has 1 saturated heterocycles. The van der Waals surface area contributed by atoms with Crippen molar-refractivity contribution < 1.29 is 4.42 Å². The van der Waals surface area contributed by atoms with E-state index in [9.17, 15) is 0 Å². The highest BCUT2D eigenvalue weighted by atomic mass is 16.3. The topological polar surface area (TPSA) is 37.2 Å². The first kappa shape index (κ1) is 9.74. The van der Waals surface area contributed by atoms with Gasteiger partial charge in [-0.25, -0.2) is 0 Å². The van der Waals surface area contributed by atoms with Gasteiger partial charge in [0.25, 0.3) is 0 Å². The first-order chi connectivity index (χ1) is 6.86. The summed E-state index contributed by atoms with van der Waals surface area (Å²) in [6.07, 6.45) is 4.26. The highest BCUT2D eigenvalue weighted by molar-refractivity contribution is 5.03. The minimum atomic E-state index is 0.315. The van der Waals surface area contributed by atoms with Crippen LogP contribution < -0.4 is 10.6 Å². The van der Waals surface area contributed by atoms with Crippen LogP contribution in [0.2, 0.25) is 0 Å². The predicted octanol–water partition coefficient (Wildman–Crippen LogP) is 1.68. The molecule has 0 radical (unpaired) electrons. The van der Waals surface area contributed by atoms with Gasteiger partial charge in [-0.05, 0) is 38.4 Å². The van der Waals surface area contributed by atoms with Gasteiger partial charge in [-0.15, -0.1) is 0 Å². The van der Waals surface area contributed by atoms with Crippen LogP contribution in [0.3, 0.4) is 0 Å². The summed E-state index contributed by atoms with van der Waals surface area (Å²) in [4.78, 5) is 0. The third kappa shape index (κ3) is 2.36. The van der Waals surface area contributed by atoms with Gasteiger partial charge in [-0.1, -0.05) is 0 Å². The van der Waals surface area contributed by atoms with Crippen LogP contribution in [0.15, 0.2) is 22.8 Å². The smallest absolute Gasteiger partial charge is 0.120 e. The molecule has 2 atom stereocenters. The number of piperidine rings is 1. The lowest BCUT2D eigenvalue weighted by Gasteiger charge is -2.26. The van der Waals surface area contributed by atoms with Crippen molar-refractivity contribution >= 4 is 0 Å². The lowest BCUT2D eigenvalue weighted by molar-refractivity contribution is 0.335. The number of hydrogen-bond acceptors (Lipinski definition) is 3. The molecule has 1 aliphatic rings. The van der Waals surface area contributed by atoms with E-state index in [0.29, 0.717) is 12.1 Å². The van der Waals surface area contributed by atoms with Crippen molar-refractivity contribution in [3.63, 3.8) is 0 Å². The summed E-state index contributed by atoms with van der Waals surface area (Å²) >= 11 is 0. The third-order valence-corrected chi connectivity index (χ3v) is 2.75. The molecule has 2 rings (SSSR count). The SMILES string of the molecule is CC(N[C@@H]1CCCNC1)c1ccco1. The summed E-state index contributed by atoms with van der Waals surface area (Å²) < 4.78 is 5.35. The Morgan fingerprint density at radius 2 is 2.57 bits per heavy atom. The molecule has 0 spiro atoms. The largest absolute Gasteiger partial charge is 0.468 e. The standard InChI is InChI=1S/C11H18N2O/c1-9(11-5-3-7-14-11)13-10-4-2-6-12-8-10/h3,5,7,9-10,12-13H,2,4,6,8H2,1H3/t9?,10-/m1/s1. The average Bonchev–Trinajstić information content (AvgIpc) is 2.72. The van der Waals surface area contributed by atoms with E-state index < -0.39 is 0 Å². The van der Waals surface area contributed by atoms with Crippen LogP contribution in [0.25, 0.3) is 0 Å². The maximum absolute atomic E-state index is 5.35. The summed E-state index contributed by atoms with van der Waals surface area (Å²) in [7, 11) is 0. The molecule has 3 nitrogen and oxygen atoms in total. The monoisotopic (exact) mass is 194 g/mol. The van der Waals surface area contributed by atoms with E-state index in [-0.39, 0.29) is 0 Å². The van der Waals surface area contributed by atoms with Gasteiger partial charge in [0.05, 0.1) is 12.3 Å². The first-order valence-corrected chi connectivity index (χ1v) is 5.36. The van der Waals surface area contributed by atoms with Crippen molar-refractivity contribution in [1.29, 1.82) is 0 Å². The molecule has 2 N–H and O–H groups in total. The van der Waals surface area contributed by atoms with E-state index in [1.54, 1.807) is 6.26 Å². The summed E-state index contributed by atoms with van der Waals surface area (Å²) in [5.74, 6) is 1.02. The Bertz CT molecular complexity index is 252. The minimum Gasteiger partial charge on any atom is -0.468 e. The fourth-order valence-electron chi connectivity index (χ4n) is 1.97. The number of rotatable bonds is 3. The second-order valence-electron chi connectivity index (χ2n) is 3.95. The van der Waals surface area contributed by atoms with E-state index in [0.717, 1.165) is 18.8 Å². The van der Waals surface area contributed by atoms with Crippen molar-refractivity contribution in [3.8, 4) is 0 Å². The molecular weight excluding hydrogens is 176 g/mol. The van der Waals surface area contributed by atoms with Crippen molar-refractivity contribution in [2.75, 3.05) is 13.1 Å². The quantitative estimate of drug-likeness (QED) is 0.768. The second kappa shape index (κ2) is 4.62.